The number of benzene rings is 2. The lowest BCUT2D eigenvalue weighted by Gasteiger charge is -2.29. The molecule has 0 saturated carbocycles. The van der Waals surface area contributed by atoms with Crippen LogP contribution < -0.4 is 15.5 Å². The zero-order chi connectivity index (χ0) is 23.8. The molecule has 0 unspecified atom stereocenters. The van der Waals surface area contributed by atoms with Crippen LogP contribution in [0.25, 0.3) is 10.9 Å². The molecule has 2 aromatic carbocycles. The molecule has 1 aliphatic rings. The van der Waals surface area contributed by atoms with Crippen LogP contribution in [0.1, 0.15) is 31.2 Å². The van der Waals surface area contributed by atoms with Crippen molar-refractivity contribution in [3.63, 3.8) is 0 Å². The van der Waals surface area contributed by atoms with Crippen LogP contribution in [-0.2, 0) is 6.18 Å². The van der Waals surface area contributed by atoms with E-state index in [1.54, 1.807) is 18.0 Å². The van der Waals surface area contributed by atoms with Crippen molar-refractivity contribution in [2.45, 2.75) is 36.8 Å². The van der Waals surface area contributed by atoms with Gasteiger partial charge in [0.2, 0.25) is 0 Å². The Kier molecular flexibility index (Phi) is 8.56. The molecule has 0 amide bonds. The van der Waals surface area contributed by atoms with Gasteiger partial charge in [-0.25, -0.2) is 0 Å². The molecule has 0 atom stereocenters. The van der Waals surface area contributed by atoms with Crippen molar-refractivity contribution in [3.05, 3.63) is 60.3 Å². The topological polar surface area (TPSA) is 40.2 Å². The maximum absolute atomic E-state index is 12.9. The molecule has 2 heterocycles. The molecule has 2 N–H and O–H groups in total. The lowest BCUT2D eigenvalue weighted by molar-refractivity contribution is -0.137. The molecule has 4 nitrogen and oxygen atoms in total. The first kappa shape index (κ1) is 24.7. The number of fused-ring (bicyclic) bond motifs is 1. The average molecular weight is 489 g/mol. The Bertz CT molecular complexity index is 1070. The molecular formula is C26H31F3N4S. The minimum Gasteiger partial charge on any atom is -0.385 e. The number of rotatable bonds is 10. The van der Waals surface area contributed by atoms with Crippen molar-refractivity contribution in [2.24, 2.45) is 0 Å². The summed E-state index contributed by atoms with van der Waals surface area (Å²) >= 11 is 1.69. The van der Waals surface area contributed by atoms with Crippen LogP contribution in [0.4, 0.5) is 24.5 Å². The molecule has 3 aromatic rings. The number of halogens is 3. The Hall–Kier alpha value is -2.45. The van der Waals surface area contributed by atoms with Gasteiger partial charge in [0, 0.05) is 60.6 Å². The van der Waals surface area contributed by atoms with Gasteiger partial charge < -0.3 is 15.5 Å². The van der Waals surface area contributed by atoms with Crippen molar-refractivity contribution in [1.29, 1.82) is 0 Å². The summed E-state index contributed by atoms with van der Waals surface area (Å²) in [5, 5.41) is 7.71. The molecule has 1 fully saturated rings. The Morgan fingerprint density at radius 3 is 2.62 bits per heavy atom. The summed E-state index contributed by atoms with van der Waals surface area (Å²) in [7, 11) is 0. The van der Waals surface area contributed by atoms with E-state index in [2.05, 4.69) is 44.8 Å². The van der Waals surface area contributed by atoms with E-state index in [1.165, 1.54) is 17.4 Å². The number of alkyl halides is 3. The van der Waals surface area contributed by atoms with E-state index in [-0.39, 0.29) is 0 Å². The van der Waals surface area contributed by atoms with Gasteiger partial charge in [0.25, 0.3) is 0 Å². The molecule has 4 rings (SSSR count). The first-order valence-electron chi connectivity index (χ1n) is 11.9. The first-order valence-corrected chi connectivity index (χ1v) is 12.9. The zero-order valence-corrected chi connectivity index (χ0v) is 20.0. The Labute approximate surface area is 203 Å². The summed E-state index contributed by atoms with van der Waals surface area (Å²) in [4.78, 5) is 7.53. The summed E-state index contributed by atoms with van der Waals surface area (Å²) in [6.07, 6.45) is 1.72. The van der Waals surface area contributed by atoms with E-state index in [0.29, 0.717) is 5.52 Å². The highest BCUT2D eigenvalue weighted by Crippen LogP contribution is 2.34. The molecule has 0 aliphatic carbocycles. The Balaban J connectivity index is 1.15. The van der Waals surface area contributed by atoms with Crippen LogP contribution in [0.2, 0.25) is 0 Å². The van der Waals surface area contributed by atoms with E-state index in [9.17, 15) is 13.2 Å². The fourth-order valence-electron chi connectivity index (χ4n) is 4.16. The number of nitrogens with zero attached hydrogens (tertiary/aromatic N) is 2. The molecule has 182 valence electrons. The zero-order valence-electron chi connectivity index (χ0n) is 19.2. The highest BCUT2D eigenvalue weighted by atomic mass is 32.2. The van der Waals surface area contributed by atoms with Gasteiger partial charge in [-0.15, -0.1) is 11.8 Å². The number of aromatic nitrogens is 1. The standard InChI is InChI=1S/C26H31F3N4S/c27-26(28,29)20-8-9-23-24(18-20)32-12-10-25(23)34-17-4-2-1-3-11-31-21-6-5-7-22(19-21)33-15-13-30-14-16-33/h5-10,12,18-19,30-31H,1-4,11,13-17H2. The minimum absolute atomic E-state index is 0.395. The summed E-state index contributed by atoms with van der Waals surface area (Å²) in [5.41, 5.74) is 2.19. The number of hydrogen-bond donors (Lipinski definition) is 2. The number of hydrogen-bond acceptors (Lipinski definition) is 5. The maximum atomic E-state index is 12.9. The second-order valence-electron chi connectivity index (χ2n) is 8.52. The van der Waals surface area contributed by atoms with Crippen molar-refractivity contribution >= 4 is 34.0 Å². The smallest absolute Gasteiger partial charge is 0.385 e. The Morgan fingerprint density at radius 1 is 0.971 bits per heavy atom. The van der Waals surface area contributed by atoms with Crippen molar-refractivity contribution < 1.29 is 13.2 Å². The van der Waals surface area contributed by atoms with E-state index in [4.69, 9.17) is 0 Å². The van der Waals surface area contributed by atoms with Gasteiger partial charge in [0.05, 0.1) is 11.1 Å². The SMILES string of the molecule is FC(F)(F)c1ccc2c(SCCCCCCNc3cccc(N4CCNCC4)c3)ccnc2c1. The number of pyridine rings is 1. The number of anilines is 2. The molecule has 0 radical (unpaired) electrons. The van der Waals surface area contributed by atoms with E-state index >= 15 is 0 Å². The van der Waals surface area contributed by atoms with Crippen molar-refractivity contribution in [3.8, 4) is 0 Å². The van der Waals surface area contributed by atoms with Gasteiger partial charge in [-0.05, 0) is 55.0 Å². The van der Waals surface area contributed by atoms with Crippen LogP contribution in [0.15, 0.2) is 59.6 Å². The first-order chi connectivity index (χ1) is 16.5. The largest absolute Gasteiger partial charge is 0.416 e. The van der Waals surface area contributed by atoms with Crippen LogP contribution in [0.5, 0.6) is 0 Å². The number of unbranched alkanes of at least 4 members (excludes halogenated alkanes) is 3. The summed E-state index contributed by atoms with van der Waals surface area (Å²) in [6.45, 7) is 5.12. The van der Waals surface area contributed by atoms with E-state index in [1.807, 2.05) is 6.07 Å². The van der Waals surface area contributed by atoms with E-state index in [0.717, 1.165) is 86.6 Å². The van der Waals surface area contributed by atoms with Gasteiger partial charge in [-0.3, -0.25) is 4.98 Å². The van der Waals surface area contributed by atoms with Gasteiger partial charge in [0.15, 0.2) is 0 Å². The van der Waals surface area contributed by atoms with Gasteiger partial charge in [-0.2, -0.15) is 13.2 Å². The quantitative estimate of drug-likeness (QED) is 0.254. The summed E-state index contributed by atoms with van der Waals surface area (Å²) in [6, 6.07) is 14.3. The predicted molar refractivity (Wildman–Crippen MR) is 136 cm³/mol. The third-order valence-electron chi connectivity index (χ3n) is 6.02. The van der Waals surface area contributed by atoms with Gasteiger partial charge in [-0.1, -0.05) is 25.0 Å². The molecule has 1 aromatic heterocycles. The fraction of sp³-hybridized carbons (Fsp3) is 0.423. The third-order valence-corrected chi connectivity index (χ3v) is 7.18. The second-order valence-corrected chi connectivity index (χ2v) is 9.65. The van der Waals surface area contributed by atoms with Crippen LogP contribution >= 0.6 is 11.8 Å². The highest BCUT2D eigenvalue weighted by molar-refractivity contribution is 7.99. The van der Waals surface area contributed by atoms with Gasteiger partial charge in [0.1, 0.15) is 0 Å². The summed E-state index contributed by atoms with van der Waals surface area (Å²) in [5.74, 6) is 0.945. The normalized spacial score (nSPS) is 14.5. The monoisotopic (exact) mass is 488 g/mol. The number of thioether (sulfide) groups is 1. The second kappa shape index (κ2) is 11.8. The predicted octanol–water partition coefficient (Wildman–Crippen LogP) is 6.43. The average Bonchev–Trinajstić information content (AvgIpc) is 2.85. The minimum atomic E-state index is -4.35. The molecular weight excluding hydrogens is 457 g/mol. The summed E-state index contributed by atoms with van der Waals surface area (Å²) < 4.78 is 38.8. The van der Waals surface area contributed by atoms with Gasteiger partial charge >= 0.3 is 6.18 Å². The highest BCUT2D eigenvalue weighted by Gasteiger charge is 2.30. The molecule has 8 heteroatoms. The Morgan fingerprint density at radius 2 is 1.79 bits per heavy atom. The van der Waals surface area contributed by atoms with Crippen LogP contribution in [-0.4, -0.2) is 43.5 Å². The van der Waals surface area contributed by atoms with Crippen LogP contribution in [0, 0.1) is 0 Å². The number of piperazine rings is 1. The lowest BCUT2D eigenvalue weighted by Crippen LogP contribution is -2.43. The van der Waals surface area contributed by atoms with Crippen LogP contribution in [0.3, 0.4) is 0 Å². The number of nitrogens with one attached hydrogen (secondary N) is 2. The van der Waals surface area contributed by atoms with E-state index < -0.39 is 11.7 Å². The molecule has 0 bridgehead atoms. The van der Waals surface area contributed by atoms with Crippen molar-refractivity contribution in [1.82, 2.24) is 10.3 Å². The van der Waals surface area contributed by atoms with Crippen molar-refractivity contribution in [2.75, 3.05) is 48.7 Å². The molecule has 1 aliphatic heterocycles. The third kappa shape index (κ3) is 6.79. The maximum Gasteiger partial charge on any atom is 0.416 e. The molecule has 34 heavy (non-hydrogen) atoms. The molecule has 0 spiro atoms. The molecule has 1 saturated heterocycles. The lowest BCUT2D eigenvalue weighted by atomic mass is 10.1. The fourth-order valence-corrected chi connectivity index (χ4v) is 5.21.